The minimum absolute atomic E-state index is 0.233. The number of thiol groups is 1. The summed E-state index contributed by atoms with van der Waals surface area (Å²) in [7, 11) is 0. The van der Waals surface area contributed by atoms with Gasteiger partial charge in [0.25, 0.3) is 0 Å². The van der Waals surface area contributed by atoms with E-state index in [4.69, 9.17) is 10.2 Å². The molecular formula is C7H12O3S. The molecule has 0 aromatic rings. The summed E-state index contributed by atoms with van der Waals surface area (Å²) in [4.78, 5) is 10.0. The number of aliphatic hydroxyl groups excluding tert-OH is 1. The van der Waals surface area contributed by atoms with Crippen molar-refractivity contribution in [1.29, 1.82) is 0 Å². The number of hydrogen-bond acceptors (Lipinski definition) is 3. The lowest BCUT2D eigenvalue weighted by atomic mass is 10.2. The van der Waals surface area contributed by atoms with Gasteiger partial charge in [-0.05, 0) is 12.2 Å². The zero-order valence-electron chi connectivity index (χ0n) is 6.10. The average Bonchev–Trinajstić information content (AvgIpc) is 1.86. The molecule has 0 aliphatic carbocycles. The molecule has 0 amide bonds. The van der Waals surface area contributed by atoms with Crippen molar-refractivity contribution in [1.82, 2.24) is 0 Å². The maximum atomic E-state index is 10.0. The first kappa shape index (κ1) is 10.5. The van der Waals surface area contributed by atoms with E-state index in [2.05, 4.69) is 12.6 Å². The van der Waals surface area contributed by atoms with Gasteiger partial charge in [-0.15, -0.1) is 0 Å². The number of aliphatic carboxylic acids is 1. The molecule has 1 atom stereocenters. The number of carbonyl (C=O) groups is 1. The number of aliphatic hydroxyl groups is 1. The maximum absolute atomic E-state index is 10.0. The van der Waals surface area contributed by atoms with Crippen LogP contribution in [0.1, 0.15) is 12.8 Å². The Morgan fingerprint density at radius 1 is 1.64 bits per heavy atom. The predicted octanol–water partition coefficient (Wildman–Crippen LogP) is 0.698. The molecule has 64 valence electrons. The van der Waals surface area contributed by atoms with Gasteiger partial charge in [0, 0.05) is 0 Å². The van der Waals surface area contributed by atoms with Gasteiger partial charge in [-0.3, -0.25) is 4.79 Å². The first-order chi connectivity index (χ1) is 5.16. The van der Waals surface area contributed by atoms with Crippen molar-refractivity contribution < 1.29 is 15.0 Å². The van der Waals surface area contributed by atoms with E-state index in [0.717, 1.165) is 6.42 Å². The molecule has 0 radical (unpaired) electrons. The van der Waals surface area contributed by atoms with Crippen LogP contribution >= 0.6 is 12.6 Å². The van der Waals surface area contributed by atoms with E-state index < -0.39 is 12.1 Å². The zero-order valence-corrected chi connectivity index (χ0v) is 7.00. The van der Waals surface area contributed by atoms with Crippen LogP contribution in [-0.4, -0.2) is 28.0 Å². The van der Waals surface area contributed by atoms with E-state index in [1.54, 1.807) is 6.08 Å². The summed E-state index contributed by atoms with van der Waals surface area (Å²) in [5.74, 6) is -0.288. The third-order valence-electron chi connectivity index (χ3n) is 1.04. The van der Waals surface area contributed by atoms with E-state index >= 15 is 0 Å². The fourth-order valence-corrected chi connectivity index (χ4v) is 0.724. The number of allylic oxidation sites excluding steroid dienone is 1. The molecule has 0 bridgehead atoms. The van der Waals surface area contributed by atoms with Crippen LogP contribution in [0.2, 0.25) is 0 Å². The van der Waals surface area contributed by atoms with E-state index in [0.29, 0.717) is 5.75 Å². The summed E-state index contributed by atoms with van der Waals surface area (Å²) in [6.07, 6.45) is 2.85. The molecule has 11 heavy (non-hydrogen) atoms. The Kier molecular flexibility index (Phi) is 5.97. The van der Waals surface area contributed by atoms with Crippen molar-refractivity contribution >= 4 is 18.6 Å². The zero-order chi connectivity index (χ0) is 8.69. The van der Waals surface area contributed by atoms with Gasteiger partial charge in [-0.1, -0.05) is 12.2 Å². The normalized spacial score (nSPS) is 13.6. The fraction of sp³-hybridized carbons (Fsp3) is 0.571. The summed E-state index contributed by atoms with van der Waals surface area (Å²) in [5.41, 5.74) is 0. The van der Waals surface area contributed by atoms with Gasteiger partial charge in [0.05, 0.1) is 12.5 Å². The molecule has 0 saturated heterocycles. The van der Waals surface area contributed by atoms with Gasteiger partial charge in [-0.25, -0.2) is 0 Å². The van der Waals surface area contributed by atoms with Crippen LogP contribution in [-0.2, 0) is 4.79 Å². The van der Waals surface area contributed by atoms with Crippen LogP contribution in [0.5, 0.6) is 0 Å². The molecule has 0 aromatic carbocycles. The van der Waals surface area contributed by atoms with Crippen molar-refractivity contribution in [2.75, 3.05) is 5.75 Å². The number of carboxylic acids is 1. The molecule has 0 fully saturated rings. The van der Waals surface area contributed by atoms with Gasteiger partial charge in [0.2, 0.25) is 0 Å². The summed E-state index contributed by atoms with van der Waals surface area (Å²) < 4.78 is 0. The lowest BCUT2D eigenvalue weighted by Crippen LogP contribution is -2.09. The smallest absolute Gasteiger partial charge is 0.306 e. The van der Waals surface area contributed by atoms with Crippen molar-refractivity contribution in [2.24, 2.45) is 0 Å². The molecule has 0 aliphatic heterocycles. The Morgan fingerprint density at radius 2 is 2.27 bits per heavy atom. The minimum atomic E-state index is -0.993. The summed E-state index contributed by atoms with van der Waals surface area (Å²) >= 11 is 3.94. The largest absolute Gasteiger partial charge is 0.481 e. The minimum Gasteiger partial charge on any atom is -0.481 e. The fourth-order valence-electron chi connectivity index (χ4n) is 0.575. The van der Waals surface area contributed by atoms with Crippen molar-refractivity contribution in [3.05, 3.63) is 12.2 Å². The number of hydrogen-bond donors (Lipinski definition) is 3. The maximum Gasteiger partial charge on any atom is 0.306 e. The number of rotatable bonds is 5. The standard InChI is InChI=1S/C7H12O3S/c8-6(5-7(9)10)3-1-2-4-11/h1,3,6,8,11H,2,4-5H2,(H,9,10)/t6-/m0/s1. The first-order valence-electron chi connectivity index (χ1n) is 3.34. The van der Waals surface area contributed by atoms with Crippen molar-refractivity contribution in [2.45, 2.75) is 18.9 Å². The quantitative estimate of drug-likeness (QED) is 0.427. The molecule has 0 saturated carbocycles. The summed E-state index contributed by atoms with van der Waals surface area (Å²) in [6.45, 7) is 0. The average molecular weight is 176 g/mol. The second-order valence-corrected chi connectivity index (χ2v) is 2.55. The molecule has 0 spiro atoms. The van der Waals surface area contributed by atoms with Crippen LogP contribution in [0.3, 0.4) is 0 Å². The highest BCUT2D eigenvalue weighted by Gasteiger charge is 2.03. The third kappa shape index (κ3) is 7.42. The highest BCUT2D eigenvalue weighted by atomic mass is 32.1. The Hall–Kier alpha value is -0.480. The van der Waals surface area contributed by atoms with Crippen LogP contribution < -0.4 is 0 Å². The second-order valence-electron chi connectivity index (χ2n) is 2.11. The summed E-state index contributed by atoms with van der Waals surface area (Å²) in [6, 6.07) is 0. The van der Waals surface area contributed by atoms with Crippen molar-refractivity contribution in [3.8, 4) is 0 Å². The van der Waals surface area contributed by atoms with Gasteiger partial charge in [0.15, 0.2) is 0 Å². The van der Waals surface area contributed by atoms with Gasteiger partial charge in [-0.2, -0.15) is 12.6 Å². The molecule has 0 rings (SSSR count). The van der Waals surface area contributed by atoms with Crippen LogP contribution in [0.25, 0.3) is 0 Å². The Labute approximate surface area is 71.1 Å². The second kappa shape index (κ2) is 6.24. The molecular weight excluding hydrogens is 164 g/mol. The molecule has 0 aliphatic rings. The topological polar surface area (TPSA) is 57.5 Å². The molecule has 0 heterocycles. The molecule has 0 aromatic heterocycles. The molecule has 3 nitrogen and oxygen atoms in total. The van der Waals surface area contributed by atoms with Crippen LogP contribution in [0.4, 0.5) is 0 Å². The molecule has 4 heteroatoms. The van der Waals surface area contributed by atoms with E-state index in [9.17, 15) is 4.79 Å². The van der Waals surface area contributed by atoms with Gasteiger partial charge >= 0.3 is 5.97 Å². The van der Waals surface area contributed by atoms with Crippen LogP contribution in [0.15, 0.2) is 12.2 Å². The highest BCUT2D eigenvalue weighted by molar-refractivity contribution is 7.80. The molecule has 0 unspecified atom stereocenters. The van der Waals surface area contributed by atoms with E-state index in [-0.39, 0.29) is 6.42 Å². The van der Waals surface area contributed by atoms with E-state index in [1.807, 2.05) is 0 Å². The predicted molar refractivity (Wildman–Crippen MR) is 45.9 cm³/mol. The van der Waals surface area contributed by atoms with E-state index in [1.165, 1.54) is 6.08 Å². The summed E-state index contributed by atoms with van der Waals surface area (Å²) in [5, 5.41) is 17.2. The lowest BCUT2D eigenvalue weighted by Gasteiger charge is -1.98. The third-order valence-corrected chi connectivity index (χ3v) is 1.30. The van der Waals surface area contributed by atoms with Gasteiger partial charge in [0.1, 0.15) is 0 Å². The van der Waals surface area contributed by atoms with Crippen LogP contribution in [0, 0.1) is 0 Å². The Balaban J connectivity index is 3.50. The molecule has 2 N–H and O–H groups in total. The van der Waals surface area contributed by atoms with Crippen molar-refractivity contribution in [3.63, 3.8) is 0 Å². The van der Waals surface area contributed by atoms with Gasteiger partial charge < -0.3 is 10.2 Å². The SMILES string of the molecule is O=C(O)C[C@@H](O)C=CCCS. The Morgan fingerprint density at radius 3 is 2.73 bits per heavy atom. The monoisotopic (exact) mass is 176 g/mol. The first-order valence-corrected chi connectivity index (χ1v) is 3.97. The highest BCUT2D eigenvalue weighted by Crippen LogP contribution is 1.95. The Bertz CT molecular complexity index is 145. The lowest BCUT2D eigenvalue weighted by molar-refractivity contribution is -0.138. The number of carboxylic acid groups (broad SMARTS) is 1.